The normalized spacial score (nSPS) is 10.8. The van der Waals surface area contributed by atoms with Gasteiger partial charge >= 0.3 is 0 Å². The summed E-state index contributed by atoms with van der Waals surface area (Å²) in [6.07, 6.45) is 0. The highest BCUT2D eigenvalue weighted by molar-refractivity contribution is 5.85. The van der Waals surface area contributed by atoms with Crippen LogP contribution in [0.25, 0.3) is 11.0 Å². The van der Waals surface area contributed by atoms with E-state index in [1.807, 2.05) is 0 Å². The van der Waals surface area contributed by atoms with Crippen molar-refractivity contribution in [1.82, 2.24) is 0 Å². The maximum absolute atomic E-state index is 11.8. The van der Waals surface area contributed by atoms with Crippen molar-refractivity contribution < 1.29 is 14.6 Å². The maximum atomic E-state index is 11.8. The average molecular weight is 206 g/mol. The van der Waals surface area contributed by atoms with Crippen LogP contribution in [0, 0.1) is 13.8 Å². The van der Waals surface area contributed by atoms with Crippen molar-refractivity contribution in [3.63, 3.8) is 0 Å². The molecule has 0 atom stereocenters. The number of fused-ring (bicyclic) bond motifs is 1. The Balaban J connectivity index is 3.06. The van der Waals surface area contributed by atoms with Crippen LogP contribution in [0.4, 0.5) is 0 Å². The lowest BCUT2D eigenvalue weighted by Gasteiger charge is -2.04. The van der Waals surface area contributed by atoms with Crippen LogP contribution in [0.3, 0.4) is 0 Å². The molecule has 4 heteroatoms. The molecule has 0 unspecified atom stereocenters. The summed E-state index contributed by atoms with van der Waals surface area (Å²) in [5.41, 5.74) is 0.385. The largest absolute Gasteiger partial charge is 0.508 e. The molecule has 1 aromatic heterocycles. The first kappa shape index (κ1) is 9.58. The Morgan fingerprint density at radius 3 is 2.53 bits per heavy atom. The third-order valence-corrected chi connectivity index (χ3v) is 2.42. The summed E-state index contributed by atoms with van der Waals surface area (Å²) < 4.78 is 5.31. The molecule has 2 aromatic rings. The number of phenolic OH excluding ortho intramolecular Hbond substituents is 2. The van der Waals surface area contributed by atoms with Gasteiger partial charge < -0.3 is 14.6 Å². The van der Waals surface area contributed by atoms with E-state index in [1.54, 1.807) is 13.8 Å². The highest BCUT2D eigenvalue weighted by Gasteiger charge is 2.12. The summed E-state index contributed by atoms with van der Waals surface area (Å²) in [5.74, 6) is 0.0887. The van der Waals surface area contributed by atoms with Gasteiger partial charge in [0.25, 0.3) is 0 Å². The van der Waals surface area contributed by atoms with Gasteiger partial charge in [-0.3, -0.25) is 4.79 Å². The minimum absolute atomic E-state index is 0.107. The van der Waals surface area contributed by atoms with Gasteiger partial charge in [0.2, 0.25) is 0 Å². The molecule has 0 radical (unpaired) electrons. The summed E-state index contributed by atoms with van der Waals surface area (Å²) in [4.78, 5) is 11.8. The van der Waals surface area contributed by atoms with Gasteiger partial charge in [0.05, 0.1) is 0 Å². The van der Waals surface area contributed by atoms with Crippen molar-refractivity contribution in [2.45, 2.75) is 13.8 Å². The summed E-state index contributed by atoms with van der Waals surface area (Å²) in [6.45, 7) is 3.30. The number of rotatable bonds is 0. The fraction of sp³-hybridized carbons (Fsp3) is 0.182. The first-order chi connectivity index (χ1) is 7.00. The van der Waals surface area contributed by atoms with Gasteiger partial charge in [-0.1, -0.05) is 0 Å². The quantitative estimate of drug-likeness (QED) is 0.689. The molecule has 0 aliphatic carbocycles. The van der Waals surface area contributed by atoms with E-state index < -0.39 is 0 Å². The van der Waals surface area contributed by atoms with Crippen LogP contribution < -0.4 is 5.43 Å². The molecule has 0 spiro atoms. The molecule has 0 aliphatic rings. The van der Waals surface area contributed by atoms with Gasteiger partial charge in [-0.2, -0.15) is 0 Å². The monoisotopic (exact) mass is 206 g/mol. The highest BCUT2D eigenvalue weighted by Crippen LogP contribution is 2.28. The standard InChI is InChI=1S/C11H10O4/c1-5-6(2)15-9-4-7(12)3-8(13)10(9)11(5)14/h3-4,12-13H,1-2H3. The molecular weight excluding hydrogens is 196 g/mol. The van der Waals surface area contributed by atoms with E-state index in [0.717, 1.165) is 6.07 Å². The number of benzene rings is 1. The zero-order valence-corrected chi connectivity index (χ0v) is 8.37. The van der Waals surface area contributed by atoms with Gasteiger partial charge in [-0.25, -0.2) is 0 Å². The van der Waals surface area contributed by atoms with Gasteiger partial charge in [0, 0.05) is 17.7 Å². The number of aromatic hydroxyl groups is 2. The van der Waals surface area contributed by atoms with Crippen molar-refractivity contribution in [2.75, 3.05) is 0 Å². The van der Waals surface area contributed by atoms with Crippen molar-refractivity contribution in [1.29, 1.82) is 0 Å². The molecule has 1 heterocycles. The average Bonchev–Trinajstić information content (AvgIpc) is 2.13. The molecular formula is C11H10O4. The van der Waals surface area contributed by atoms with Gasteiger partial charge in [0.15, 0.2) is 5.43 Å². The van der Waals surface area contributed by atoms with E-state index in [9.17, 15) is 15.0 Å². The molecule has 2 rings (SSSR count). The van der Waals surface area contributed by atoms with Crippen molar-refractivity contribution >= 4 is 11.0 Å². The van der Waals surface area contributed by atoms with Crippen molar-refractivity contribution in [3.8, 4) is 11.5 Å². The second kappa shape index (κ2) is 3.02. The molecule has 1 aromatic carbocycles. The number of aryl methyl sites for hydroxylation is 1. The molecule has 78 valence electrons. The zero-order chi connectivity index (χ0) is 11.2. The lowest BCUT2D eigenvalue weighted by Crippen LogP contribution is -2.07. The van der Waals surface area contributed by atoms with Gasteiger partial charge in [-0.15, -0.1) is 0 Å². The fourth-order valence-electron chi connectivity index (χ4n) is 1.48. The topological polar surface area (TPSA) is 70.7 Å². The lowest BCUT2D eigenvalue weighted by atomic mass is 10.1. The van der Waals surface area contributed by atoms with Crippen LogP contribution >= 0.6 is 0 Å². The number of hydrogen-bond donors (Lipinski definition) is 2. The minimum Gasteiger partial charge on any atom is -0.508 e. The molecule has 0 amide bonds. The Hall–Kier alpha value is -1.97. The molecule has 0 saturated carbocycles. The molecule has 0 saturated heterocycles. The number of phenols is 2. The van der Waals surface area contributed by atoms with Gasteiger partial charge in [-0.05, 0) is 13.8 Å². The number of hydrogen-bond acceptors (Lipinski definition) is 4. The van der Waals surface area contributed by atoms with Crippen molar-refractivity contribution in [3.05, 3.63) is 33.7 Å². The first-order valence-electron chi connectivity index (χ1n) is 4.46. The summed E-state index contributed by atoms with van der Waals surface area (Å²) in [7, 11) is 0. The summed E-state index contributed by atoms with van der Waals surface area (Å²) in [6, 6.07) is 2.43. The van der Waals surface area contributed by atoms with Crippen LogP contribution in [0.15, 0.2) is 21.3 Å². The van der Waals surface area contributed by atoms with E-state index >= 15 is 0 Å². The highest BCUT2D eigenvalue weighted by atomic mass is 16.3. The third-order valence-electron chi connectivity index (χ3n) is 2.42. The summed E-state index contributed by atoms with van der Waals surface area (Å²) in [5, 5.41) is 18.9. The minimum atomic E-state index is -0.272. The molecule has 2 N–H and O–H groups in total. The van der Waals surface area contributed by atoms with Crippen LogP contribution in [-0.4, -0.2) is 10.2 Å². The molecule has 15 heavy (non-hydrogen) atoms. The van der Waals surface area contributed by atoms with Crippen LogP contribution in [0.2, 0.25) is 0 Å². The third kappa shape index (κ3) is 1.34. The second-order valence-corrected chi connectivity index (χ2v) is 3.45. The SMILES string of the molecule is Cc1oc2cc(O)cc(O)c2c(=O)c1C. The van der Waals surface area contributed by atoms with E-state index in [0.29, 0.717) is 11.3 Å². The van der Waals surface area contributed by atoms with Crippen molar-refractivity contribution in [2.24, 2.45) is 0 Å². The Kier molecular flexibility index (Phi) is 1.93. The lowest BCUT2D eigenvalue weighted by molar-refractivity contribution is 0.451. The predicted octanol–water partition coefficient (Wildman–Crippen LogP) is 1.82. The van der Waals surface area contributed by atoms with Crippen LogP contribution in [0.5, 0.6) is 11.5 Å². The second-order valence-electron chi connectivity index (χ2n) is 3.45. The van der Waals surface area contributed by atoms with E-state index in [4.69, 9.17) is 4.42 Å². The molecule has 4 nitrogen and oxygen atoms in total. The Labute approximate surface area is 85.4 Å². The first-order valence-corrected chi connectivity index (χ1v) is 4.46. The van der Waals surface area contributed by atoms with E-state index in [2.05, 4.69) is 0 Å². The summed E-state index contributed by atoms with van der Waals surface area (Å²) >= 11 is 0. The maximum Gasteiger partial charge on any atom is 0.199 e. The van der Waals surface area contributed by atoms with Crippen LogP contribution in [0.1, 0.15) is 11.3 Å². The van der Waals surface area contributed by atoms with E-state index in [-0.39, 0.29) is 27.9 Å². The Morgan fingerprint density at radius 1 is 1.20 bits per heavy atom. The smallest absolute Gasteiger partial charge is 0.199 e. The zero-order valence-electron chi connectivity index (χ0n) is 8.37. The van der Waals surface area contributed by atoms with E-state index in [1.165, 1.54) is 6.07 Å². The van der Waals surface area contributed by atoms with Crippen LogP contribution in [-0.2, 0) is 0 Å². The molecule has 0 aliphatic heterocycles. The molecule has 0 fully saturated rings. The molecule has 0 bridgehead atoms. The predicted molar refractivity (Wildman–Crippen MR) is 55.3 cm³/mol. The van der Waals surface area contributed by atoms with Gasteiger partial charge in [0.1, 0.15) is 28.2 Å². The fourth-order valence-corrected chi connectivity index (χ4v) is 1.48. The Morgan fingerprint density at radius 2 is 1.87 bits per heavy atom. The Bertz CT molecular complexity index is 596.